The number of aryl methyl sites for hydroxylation is 1. The molecule has 0 unspecified atom stereocenters. The number of anilines is 1. The van der Waals surface area contributed by atoms with Crippen LogP contribution >= 0.6 is 11.6 Å². The van der Waals surface area contributed by atoms with Crippen LogP contribution in [0.2, 0.25) is 5.02 Å². The molecule has 4 nitrogen and oxygen atoms in total. The number of nitrogens with zero attached hydrogens (tertiary/aromatic N) is 3. The standard InChI is InChI=1S/C16H19ClN4/c1-11-10-19-16(21-7-5-14(18)6-8-21)20-15(11)12-3-2-4-13(17)9-12/h2-4,9-10,14H,5-8,18H2,1H3. The Morgan fingerprint density at radius 3 is 2.76 bits per heavy atom. The first-order chi connectivity index (χ1) is 10.1. The van der Waals surface area contributed by atoms with Crippen molar-refractivity contribution in [1.29, 1.82) is 0 Å². The fourth-order valence-corrected chi connectivity index (χ4v) is 2.80. The van der Waals surface area contributed by atoms with Crippen molar-refractivity contribution < 1.29 is 0 Å². The van der Waals surface area contributed by atoms with Crippen LogP contribution in [0.3, 0.4) is 0 Å². The second-order valence-corrected chi connectivity index (χ2v) is 5.97. The minimum absolute atomic E-state index is 0.305. The van der Waals surface area contributed by atoms with Gasteiger partial charge in [0.2, 0.25) is 5.95 Å². The second kappa shape index (κ2) is 6.00. The van der Waals surface area contributed by atoms with Crippen molar-refractivity contribution in [3.8, 4) is 11.3 Å². The summed E-state index contributed by atoms with van der Waals surface area (Å²) in [6, 6.07) is 8.08. The van der Waals surface area contributed by atoms with E-state index in [1.165, 1.54) is 0 Å². The van der Waals surface area contributed by atoms with Crippen molar-refractivity contribution >= 4 is 17.5 Å². The Morgan fingerprint density at radius 2 is 2.05 bits per heavy atom. The number of piperidine rings is 1. The lowest BCUT2D eigenvalue weighted by atomic mass is 10.1. The van der Waals surface area contributed by atoms with E-state index in [0.717, 1.165) is 53.7 Å². The highest BCUT2D eigenvalue weighted by atomic mass is 35.5. The van der Waals surface area contributed by atoms with E-state index in [-0.39, 0.29) is 0 Å². The molecule has 0 spiro atoms. The molecule has 1 aliphatic heterocycles. The van der Waals surface area contributed by atoms with Crippen LogP contribution in [0.15, 0.2) is 30.5 Å². The maximum absolute atomic E-state index is 6.08. The van der Waals surface area contributed by atoms with Gasteiger partial charge in [0, 0.05) is 35.9 Å². The normalized spacial score (nSPS) is 16.2. The molecular weight excluding hydrogens is 284 g/mol. The minimum atomic E-state index is 0.305. The van der Waals surface area contributed by atoms with Crippen LogP contribution in [-0.4, -0.2) is 29.1 Å². The van der Waals surface area contributed by atoms with E-state index in [1.54, 1.807) is 0 Å². The number of aromatic nitrogens is 2. The Bertz CT molecular complexity index is 636. The average molecular weight is 303 g/mol. The lowest BCUT2D eigenvalue weighted by Gasteiger charge is -2.30. The number of hydrogen-bond acceptors (Lipinski definition) is 4. The smallest absolute Gasteiger partial charge is 0.225 e. The van der Waals surface area contributed by atoms with E-state index in [0.29, 0.717) is 6.04 Å². The van der Waals surface area contributed by atoms with Gasteiger partial charge in [0.15, 0.2) is 0 Å². The Balaban J connectivity index is 1.93. The molecule has 0 amide bonds. The quantitative estimate of drug-likeness (QED) is 0.926. The van der Waals surface area contributed by atoms with Crippen molar-refractivity contribution in [1.82, 2.24) is 9.97 Å². The predicted molar refractivity (Wildman–Crippen MR) is 86.6 cm³/mol. The van der Waals surface area contributed by atoms with E-state index >= 15 is 0 Å². The maximum Gasteiger partial charge on any atom is 0.225 e. The molecule has 0 radical (unpaired) electrons. The van der Waals surface area contributed by atoms with Crippen LogP contribution in [0.25, 0.3) is 11.3 Å². The van der Waals surface area contributed by atoms with E-state index in [4.69, 9.17) is 22.3 Å². The molecule has 21 heavy (non-hydrogen) atoms. The molecule has 0 aliphatic carbocycles. The zero-order valence-electron chi connectivity index (χ0n) is 12.1. The van der Waals surface area contributed by atoms with E-state index < -0.39 is 0 Å². The fourth-order valence-electron chi connectivity index (χ4n) is 2.61. The summed E-state index contributed by atoms with van der Waals surface area (Å²) < 4.78 is 0. The average Bonchev–Trinajstić information content (AvgIpc) is 2.49. The zero-order chi connectivity index (χ0) is 14.8. The van der Waals surface area contributed by atoms with Gasteiger partial charge >= 0.3 is 0 Å². The molecule has 0 atom stereocenters. The summed E-state index contributed by atoms with van der Waals surface area (Å²) in [5.74, 6) is 0.780. The highest BCUT2D eigenvalue weighted by Gasteiger charge is 2.19. The van der Waals surface area contributed by atoms with Gasteiger partial charge < -0.3 is 10.6 Å². The molecule has 1 aromatic heterocycles. The third kappa shape index (κ3) is 3.17. The highest BCUT2D eigenvalue weighted by Crippen LogP contribution is 2.26. The molecule has 1 fully saturated rings. The van der Waals surface area contributed by atoms with Crippen LogP contribution in [0.1, 0.15) is 18.4 Å². The Kier molecular flexibility index (Phi) is 4.08. The first kappa shape index (κ1) is 14.3. The lowest BCUT2D eigenvalue weighted by molar-refractivity contribution is 0.495. The van der Waals surface area contributed by atoms with Crippen LogP contribution in [0, 0.1) is 6.92 Å². The van der Waals surface area contributed by atoms with E-state index in [9.17, 15) is 0 Å². The molecule has 2 N–H and O–H groups in total. The molecule has 2 aromatic rings. The van der Waals surface area contributed by atoms with Gasteiger partial charge in [-0.1, -0.05) is 23.7 Å². The molecule has 0 bridgehead atoms. The number of benzene rings is 1. The van der Waals surface area contributed by atoms with Gasteiger partial charge in [0.05, 0.1) is 5.69 Å². The topological polar surface area (TPSA) is 55.0 Å². The Labute approximate surface area is 130 Å². The number of halogens is 1. The van der Waals surface area contributed by atoms with Gasteiger partial charge in [-0.25, -0.2) is 9.97 Å². The third-order valence-electron chi connectivity index (χ3n) is 3.88. The summed E-state index contributed by atoms with van der Waals surface area (Å²) in [6.07, 6.45) is 3.86. The molecule has 5 heteroatoms. The van der Waals surface area contributed by atoms with Crippen LogP contribution in [0.4, 0.5) is 5.95 Å². The maximum atomic E-state index is 6.08. The first-order valence-corrected chi connectivity index (χ1v) is 7.61. The second-order valence-electron chi connectivity index (χ2n) is 5.54. The summed E-state index contributed by atoms with van der Waals surface area (Å²) in [7, 11) is 0. The van der Waals surface area contributed by atoms with Gasteiger partial charge in [-0.15, -0.1) is 0 Å². The Morgan fingerprint density at radius 1 is 1.29 bits per heavy atom. The van der Waals surface area contributed by atoms with Crippen molar-refractivity contribution in [2.24, 2.45) is 5.73 Å². The SMILES string of the molecule is Cc1cnc(N2CCC(N)CC2)nc1-c1cccc(Cl)c1. The van der Waals surface area contributed by atoms with E-state index in [2.05, 4.69) is 9.88 Å². The van der Waals surface area contributed by atoms with Crippen molar-refractivity contribution in [3.05, 3.63) is 41.0 Å². The third-order valence-corrected chi connectivity index (χ3v) is 4.11. The van der Waals surface area contributed by atoms with Crippen molar-refractivity contribution in [2.45, 2.75) is 25.8 Å². The summed E-state index contributed by atoms with van der Waals surface area (Å²) in [4.78, 5) is 11.4. The molecular formula is C16H19ClN4. The molecule has 1 saturated heterocycles. The number of rotatable bonds is 2. The van der Waals surface area contributed by atoms with Gasteiger partial charge in [0.25, 0.3) is 0 Å². The monoisotopic (exact) mass is 302 g/mol. The molecule has 3 rings (SSSR count). The summed E-state index contributed by atoms with van der Waals surface area (Å²) in [5.41, 5.74) is 8.97. The van der Waals surface area contributed by atoms with Gasteiger partial charge in [-0.3, -0.25) is 0 Å². The van der Waals surface area contributed by atoms with Gasteiger partial charge in [-0.05, 0) is 37.5 Å². The largest absolute Gasteiger partial charge is 0.341 e. The van der Waals surface area contributed by atoms with E-state index in [1.807, 2.05) is 37.4 Å². The van der Waals surface area contributed by atoms with Crippen LogP contribution in [0.5, 0.6) is 0 Å². The van der Waals surface area contributed by atoms with Gasteiger partial charge in [0.1, 0.15) is 0 Å². The molecule has 110 valence electrons. The Hall–Kier alpha value is -1.65. The van der Waals surface area contributed by atoms with Crippen molar-refractivity contribution in [3.63, 3.8) is 0 Å². The summed E-state index contributed by atoms with van der Waals surface area (Å²) >= 11 is 6.08. The molecule has 0 saturated carbocycles. The lowest BCUT2D eigenvalue weighted by Crippen LogP contribution is -2.40. The minimum Gasteiger partial charge on any atom is -0.341 e. The van der Waals surface area contributed by atoms with Crippen LogP contribution in [-0.2, 0) is 0 Å². The fraction of sp³-hybridized carbons (Fsp3) is 0.375. The molecule has 1 aliphatic rings. The van der Waals surface area contributed by atoms with Crippen LogP contribution < -0.4 is 10.6 Å². The first-order valence-electron chi connectivity index (χ1n) is 7.23. The summed E-state index contributed by atoms with van der Waals surface area (Å²) in [6.45, 7) is 3.85. The van der Waals surface area contributed by atoms with Gasteiger partial charge in [-0.2, -0.15) is 0 Å². The summed E-state index contributed by atoms with van der Waals surface area (Å²) in [5, 5.41) is 0.719. The number of nitrogens with two attached hydrogens (primary N) is 1. The van der Waals surface area contributed by atoms with Crippen molar-refractivity contribution in [2.75, 3.05) is 18.0 Å². The predicted octanol–water partition coefficient (Wildman–Crippen LogP) is 3.03. The highest BCUT2D eigenvalue weighted by molar-refractivity contribution is 6.30. The molecule has 1 aromatic carbocycles. The molecule has 2 heterocycles. The zero-order valence-corrected chi connectivity index (χ0v) is 12.8. The number of hydrogen-bond donors (Lipinski definition) is 1.